The van der Waals surface area contributed by atoms with E-state index >= 15 is 0 Å². The van der Waals surface area contributed by atoms with Crippen molar-refractivity contribution in [2.45, 2.75) is 58.2 Å². The molecule has 2 aliphatic heterocycles. The molecule has 0 saturated carbocycles. The van der Waals surface area contributed by atoms with Crippen LogP contribution in [-0.4, -0.2) is 57.1 Å². The number of nitrogens with zero attached hydrogens (tertiary/aromatic N) is 3. The Kier molecular flexibility index (Phi) is 4.67. The highest BCUT2D eigenvalue weighted by atomic mass is 16.3. The largest absolute Gasteiger partial charge is 0.391 e. The molecule has 1 aromatic rings. The first-order valence-electron chi connectivity index (χ1n) is 8.90. The Balaban J connectivity index is 1.65. The Morgan fingerprint density at radius 1 is 1.29 bits per heavy atom. The van der Waals surface area contributed by atoms with E-state index in [0.717, 1.165) is 45.4 Å². The number of aromatic nitrogens is 1. The van der Waals surface area contributed by atoms with Crippen LogP contribution in [0.5, 0.6) is 0 Å². The lowest BCUT2D eigenvalue weighted by Gasteiger charge is -2.55. The standard InChI is InChI=1S/C19H29N3O2/c1-15(23)22-14-19(12-17(24)18(22,2)3)6-10-21(11-7-19)13-16-4-8-20-9-5-16/h4-5,8-9,17,24H,6-7,10-14H2,1-3H3. The van der Waals surface area contributed by atoms with Gasteiger partial charge in [0.05, 0.1) is 11.6 Å². The van der Waals surface area contributed by atoms with Crippen molar-refractivity contribution in [2.75, 3.05) is 19.6 Å². The first-order chi connectivity index (χ1) is 11.3. The molecule has 1 unspecified atom stereocenters. The Morgan fingerprint density at radius 3 is 2.50 bits per heavy atom. The zero-order valence-electron chi connectivity index (χ0n) is 15.0. The second-order valence-corrected chi connectivity index (χ2v) is 8.11. The number of carbonyl (C=O) groups excluding carboxylic acids is 1. The Hall–Kier alpha value is -1.46. The van der Waals surface area contributed by atoms with Crippen LogP contribution < -0.4 is 0 Å². The maximum absolute atomic E-state index is 12.1. The quantitative estimate of drug-likeness (QED) is 0.901. The first kappa shape index (κ1) is 17.4. The number of carbonyl (C=O) groups is 1. The van der Waals surface area contributed by atoms with Gasteiger partial charge in [0.2, 0.25) is 5.91 Å². The van der Waals surface area contributed by atoms with E-state index in [1.807, 2.05) is 31.1 Å². The van der Waals surface area contributed by atoms with Crippen LogP contribution in [0.25, 0.3) is 0 Å². The van der Waals surface area contributed by atoms with E-state index in [1.165, 1.54) is 5.56 Å². The molecule has 1 N–H and O–H groups in total. The highest BCUT2D eigenvalue weighted by Crippen LogP contribution is 2.45. The predicted molar refractivity (Wildman–Crippen MR) is 93.3 cm³/mol. The molecule has 24 heavy (non-hydrogen) atoms. The number of likely N-dealkylation sites (tertiary alicyclic amines) is 2. The van der Waals surface area contributed by atoms with Gasteiger partial charge >= 0.3 is 0 Å². The Bertz CT molecular complexity index is 580. The van der Waals surface area contributed by atoms with Gasteiger partial charge in [0.15, 0.2) is 0 Å². The monoisotopic (exact) mass is 331 g/mol. The van der Waals surface area contributed by atoms with Crippen LogP contribution in [0.2, 0.25) is 0 Å². The van der Waals surface area contributed by atoms with Crippen molar-refractivity contribution in [3.8, 4) is 0 Å². The third-order valence-corrected chi connectivity index (χ3v) is 6.08. The van der Waals surface area contributed by atoms with Gasteiger partial charge in [-0.15, -0.1) is 0 Å². The highest BCUT2D eigenvalue weighted by molar-refractivity contribution is 5.74. The summed E-state index contributed by atoms with van der Waals surface area (Å²) in [7, 11) is 0. The second kappa shape index (κ2) is 6.45. The minimum Gasteiger partial charge on any atom is -0.391 e. The molecule has 0 aliphatic carbocycles. The van der Waals surface area contributed by atoms with E-state index < -0.39 is 11.6 Å². The van der Waals surface area contributed by atoms with Crippen molar-refractivity contribution in [1.82, 2.24) is 14.8 Å². The molecule has 1 aromatic heterocycles. The van der Waals surface area contributed by atoms with Crippen LogP contribution in [0.15, 0.2) is 24.5 Å². The summed E-state index contributed by atoms with van der Waals surface area (Å²) in [6, 6.07) is 4.13. The van der Waals surface area contributed by atoms with Crippen LogP contribution in [-0.2, 0) is 11.3 Å². The lowest BCUT2D eigenvalue weighted by Crippen LogP contribution is -2.64. The molecule has 0 radical (unpaired) electrons. The zero-order valence-corrected chi connectivity index (χ0v) is 15.0. The van der Waals surface area contributed by atoms with Gasteiger partial charge in [-0.3, -0.25) is 14.7 Å². The van der Waals surface area contributed by atoms with Gasteiger partial charge in [-0.25, -0.2) is 0 Å². The summed E-state index contributed by atoms with van der Waals surface area (Å²) < 4.78 is 0. The SMILES string of the molecule is CC(=O)N1CC2(CCN(Cc3ccncc3)CC2)CC(O)C1(C)C. The number of rotatable bonds is 2. The number of hydrogen-bond acceptors (Lipinski definition) is 4. The molecule has 1 amide bonds. The van der Waals surface area contributed by atoms with Gasteiger partial charge < -0.3 is 10.0 Å². The first-order valence-corrected chi connectivity index (χ1v) is 8.90. The number of hydrogen-bond donors (Lipinski definition) is 1. The topological polar surface area (TPSA) is 56.7 Å². The number of pyridine rings is 1. The summed E-state index contributed by atoms with van der Waals surface area (Å²) in [5.41, 5.74) is 0.886. The van der Waals surface area contributed by atoms with Gasteiger partial charge in [0.25, 0.3) is 0 Å². The summed E-state index contributed by atoms with van der Waals surface area (Å²) in [5, 5.41) is 10.7. The van der Waals surface area contributed by atoms with Gasteiger partial charge in [-0.05, 0) is 69.3 Å². The summed E-state index contributed by atoms with van der Waals surface area (Å²) in [6.07, 6.45) is 6.09. The lowest BCUT2D eigenvalue weighted by atomic mass is 9.67. The van der Waals surface area contributed by atoms with Crippen molar-refractivity contribution < 1.29 is 9.90 Å². The van der Waals surface area contributed by atoms with Crippen molar-refractivity contribution in [3.63, 3.8) is 0 Å². The van der Waals surface area contributed by atoms with E-state index in [2.05, 4.69) is 22.0 Å². The molecule has 1 spiro atoms. The summed E-state index contributed by atoms with van der Waals surface area (Å²) in [5.74, 6) is 0.0670. The highest BCUT2D eigenvalue weighted by Gasteiger charge is 2.50. The summed E-state index contributed by atoms with van der Waals surface area (Å²) in [4.78, 5) is 20.5. The van der Waals surface area contributed by atoms with E-state index in [9.17, 15) is 9.90 Å². The van der Waals surface area contributed by atoms with Crippen LogP contribution >= 0.6 is 0 Å². The molecular weight excluding hydrogens is 302 g/mol. The smallest absolute Gasteiger partial charge is 0.219 e. The van der Waals surface area contributed by atoms with Crippen LogP contribution in [0.3, 0.4) is 0 Å². The van der Waals surface area contributed by atoms with E-state index in [0.29, 0.717) is 0 Å². The molecule has 5 heteroatoms. The zero-order chi connectivity index (χ0) is 17.4. The average Bonchev–Trinajstić information content (AvgIpc) is 2.54. The number of aliphatic hydroxyl groups excluding tert-OH is 1. The molecule has 3 rings (SSSR count). The molecule has 1 atom stereocenters. The van der Waals surface area contributed by atoms with Crippen molar-refractivity contribution in [3.05, 3.63) is 30.1 Å². The third-order valence-electron chi connectivity index (χ3n) is 6.08. The predicted octanol–water partition coefficient (Wildman–Crippen LogP) is 2.06. The molecule has 132 valence electrons. The molecule has 2 fully saturated rings. The molecule has 0 bridgehead atoms. The van der Waals surface area contributed by atoms with Crippen molar-refractivity contribution in [1.29, 1.82) is 0 Å². The van der Waals surface area contributed by atoms with Crippen LogP contribution in [0.4, 0.5) is 0 Å². The number of piperidine rings is 2. The Labute approximate surface area is 144 Å². The summed E-state index contributed by atoms with van der Waals surface area (Å²) in [6.45, 7) is 9.32. The van der Waals surface area contributed by atoms with E-state index in [-0.39, 0.29) is 11.3 Å². The molecule has 2 saturated heterocycles. The third kappa shape index (κ3) is 3.33. The van der Waals surface area contributed by atoms with Crippen LogP contribution in [0, 0.1) is 5.41 Å². The van der Waals surface area contributed by atoms with Crippen molar-refractivity contribution in [2.24, 2.45) is 5.41 Å². The lowest BCUT2D eigenvalue weighted by molar-refractivity contribution is -0.157. The van der Waals surface area contributed by atoms with Gasteiger partial charge in [0, 0.05) is 32.4 Å². The fourth-order valence-corrected chi connectivity index (χ4v) is 4.25. The molecule has 5 nitrogen and oxygen atoms in total. The fourth-order valence-electron chi connectivity index (χ4n) is 4.25. The maximum atomic E-state index is 12.1. The maximum Gasteiger partial charge on any atom is 0.219 e. The average molecular weight is 331 g/mol. The van der Waals surface area contributed by atoms with E-state index in [1.54, 1.807) is 6.92 Å². The van der Waals surface area contributed by atoms with E-state index in [4.69, 9.17) is 0 Å². The summed E-state index contributed by atoms with van der Waals surface area (Å²) >= 11 is 0. The molecule has 3 heterocycles. The Morgan fingerprint density at radius 2 is 1.92 bits per heavy atom. The molecular formula is C19H29N3O2. The minimum atomic E-state index is -0.467. The van der Waals surface area contributed by atoms with Crippen LogP contribution in [0.1, 0.15) is 45.6 Å². The van der Waals surface area contributed by atoms with Crippen molar-refractivity contribution >= 4 is 5.91 Å². The minimum absolute atomic E-state index is 0.0648. The fraction of sp³-hybridized carbons (Fsp3) is 0.684. The van der Waals surface area contributed by atoms with Gasteiger partial charge in [-0.1, -0.05) is 0 Å². The molecule has 2 aliphatic rings. The normalized spacial score (nSPS) is 26.5. The second-order valence-electron chi connectivity index (χ2n) is 8.11. The number of amides is 1. The van der Waals surface area contributed by atoms with Gasteiger partial charge in [0.1, 0.15) is 0 Å². The molecule has 0 aromatic carbocycles. The number of aliphatic hydroxyl groups is 1. The van der Waals surface area contributed by atoms with Gasteiger partial charge in [-0.2, -0.15) is 0 Å².